The molecule has 0 aliphatic rings. The number of esters is 1. The molecule has 0 N–H and O–H groups in total. The fourth-order valence-corrected chi connectivity index (χ4v) is 0.495. The van der Waals surface area contributed by atoms with E-state index in [1.807, 2.05) is 32.8 Å². The molecule has 0 aromatic heterocycles. The third-order valence-corrected chi connectivity index (χ3v) is 1.25. The van der Waals surface area contributed by atoms with E-state index < -0.39 is 0 Å². The predicted octanol–water partition coefficient (Wildman–Crippen LogP) is 1.17. The van der Waals surface area contributed by atoms with E-state index in [2.05, 4.69) is 0 Å². The van der Waals surface area contributed by atoms with Crippen molar-refractivity contribution < 1.29 is 9.53 Å². The average Bonchev–Trinajstić information content (AvgIpc) is 1.86. The highest BCUT2D eigenvalue weighted by Gasteiger charge is 2.06. The molecule has 0 saturated heterocycles. The number of halogens is 1. The van der Waals surface area contributed by atoms with Crippen LogP contribution in [-0.4, -0.2) is 38.1 Å². The van der Waals surface area contributed by atoms with Gasteiger partial charge in [-0.3, -0.25) is 4.79 Å². The van der Waals surface area contributed by atoms with Crippen LogP contribution in [0, 0.1) is 5.92 Å². The summed E-state index contributed by atoms with van der Waals surface area (Å²) < 4.78 is 4.93. The molecule has 4 heteroatoms. The van der Waals surface area contributed by atoms with Crippen LogP contribution in [0.5, 0.6) is 0 Å². The van der Waals surface area contributed by atoms with Crippen LogP contribution in [-0.2, 0) is 9.53 Å². The van der Waals surface area contributed by atoms with Gasteiger partial charge in [-0.2, -0.15) is 0 Å². The second-order valence-corrected chi connectivity index (χ2v) is 3.13. The number of likely N-dealkylation sites (N-methyl/N-ethyl adjacent to an activating group) is 1. The second-order valence-electron chi connectivity index (χ2n) is 3.13. The maximum Gasteiger partial charge on any atom is 0.308 e. The van der Waals surface area contributed by atoms with E-state index >= 15 is 0 Å². The number of carbonyl (C=O) groups is 1. The van der Waals surface area contributed by atoms with Crippen molar-refractivity contribution in [1.82, 2.24) is 4.90 Å². The molecule has 0 rings (SSSR count). The molecule has 0 unspecified atom stereocenters. The van der Waals surface area contributed by atoms with Gasteiger partial charge in [0.15, 0.2) is 0 Å². The van der Waals surface area contributed by atoms with Crippen molar-refractivity contribution in [3.63, 3.8) is 0 Å². The quantitative estimate of drug-likeness (QED) is 0.631. The van der Waals surface area contributed by atoms with Gasteiger partial charge >= 0.3 is 5.97 Å². The van der Waals surface area contributed by atoms with Gasteiger partial charge in [0.05, 0.1) is 5.92 Å². The lowest BCUT2D eigenvalue weighted by molar-refractivity contribution is -0.147. The Labute approximate surface area is 80.5 Å². The maximum atomic E-state index is 10.9. The van der Waals surface area contributed by atoms with Gasteiger partial charge in [-0.05, 0) is 14.1 Å². The number of rotatable bonds is 4. The smallest absolute Gasteiger partial charge is 0.308 e. The van der Waals surface area contributed by atoms with Crippen LogP contribution in [0.1, 0.15) is 13.8 Å². The van der Waals surface area contributed by atoms with Crippen molar-refractivity contribution in [3.8, 4) is 0 Å². The highest BCUT2D eigenvalue weighted by atomic mass is 35.5. The lowest BCUT2D eigenvalue weighted by Gasteiger charge is -2.10. The van der Waals surface area contributed by atoms with E-state index in [9.17, 15) is 4.79 Å². The van der Waals surface area contributed by atoms with Crippen molar-refractivity contribution in [1.29, 1.82) is 0 Å². The van der Waals surface area contributed by atoms with Crippen LogP contribution in [0.25, 0.3) is 0 Å². The first-order valence-electron chi connectivity index (χ1n) is 3.85. The summed E-state index contributed by atoms with van der Waals surface area (Å²) in [5.74, 6) is -0.135. The Bertz CT molecular complexity index is 126. The first-order valence-corrected chi connectivity index (χ1v) is 3.85. The van der Waals surface area contributed by atoms with Gasteiger partial charge in [0.25, 0.3) is 0 Å². The summed E-state index contributed by atoms with van der Waals surface area (Å²) in [6, 6.07) is 0. The minimum Gasteiger partial charge on any atom is -0.464 e. The Morgan fingerprint density at radius 1 is 1.42 bits per heavy atom. The van der Waals surface area contributed by atoms with Gasteiger partial charge in [-0.1, -0.05) is 13.8 Å². The summed E-state index contributed by atoms with van der Waals surface area (Å²) in [7, 11) is 3.90. The third kappa shape index (κ3) is 7.82. The van der Waals surface area contributed by atoms with Gasteiger partial charge in [0, 0.05) is 6.54 Å². The van der Waals surface area contributed by atoms with Gasteiger partial charge in [-0.25, -0.2) is 0 Å². The molecule has 0 fully saturated rings. The number of ether oxygens (including phenoxy) is 1. The van der Waals surface area contributed by atoms with Crippen molar-refractivity contribution in [2.75, 3.05) is 27.2 Å². The summed E-state index contributed by atoms with van der Waals surface area (Å²) in [5, 5.41) is 0. The standard InChI is InChI=1S/C8H17NO2.ClH/c1-7(2)8(10)11-6-5-9(3)4;/h7H,5-6H2,1-4H3;1H. The van der Waals surface area contributed by atoms with E-state index in [0.717, 1.165) is 6.54 Å². The first-order chi connectivity index (χ1) is 5.04. The van der Waals surface area contributed by atoms with E-state index in [1.54, 1.807) is 0 Å². The molecule has 74 valence electrons. The van der Waals surface area contributed by atoms with Crippen LogP contribution in [0.2, 0.25) is 0 Å². The zero-order valence-electron chi connectivity index (χ0n) is 8.16. The average molecular weight is 196 g/mol. The van der Waals surface area contributed by atoms with Crippen molar-refractivity contribution in [2.24, 2.45) is 5.92 Å². The molecule has 0 heterocycles. The highest BCUT2D eigenvalue weighted by molar-refractivity contribution is 5.85. The molecular formula is C8H18ClNO2. The van der Waals surface area contributed by atoms with Crippen LogP contribution in [0.4, 0.5) is 0 Å². The SMILES string of the molecule is CC(C)C(=O)OCCN(C)C.Cl. The maximum absolute atomic E-state index is 10.9. The first kappa shape index (κ1) is 14.3. The van der Waals surface area contributed by atoms with E-state index in [-0.39, 0.29) is 24.3 Å². The molecule has 3 nitrogen and oxygen atoms in total. The lowest BCUT2D eigenvalue weighted by Crippen LogP contribution is -2.21. The Balaban J connectivity index is 0. The van der Waals surface area contributed by atoms with Gasteiger partial charge in [0.1, 0.15) is 6.61 Å². The molecule has 0 saturated carbocycles. The Morgan fingerprint density at radius 3 is 2.25 bits per heavy atom. The van der Waals surface area contributed by atoms with Crippen molar-refractivity contribution in [2.45, 2.75) is 13.8 Å². The fourth-order valence-electron chi connectivity index (χ4n) is 0.495. The molecule has 0 atom stereocenters. The third-order valence-electron chi connectivity index (χ3n) is 1.25. The van der Waals surface area contributed by atoms with Gasteiger partial charge in [0.2, 0.25) is 0 Å². The lowest BCUT2D eigenvalue weighted by atomic mass is 10.2. The predicted molar refractivity (Wildman–Crippen MR) is 51.6 cm³/mol. The van der Waals surface area contributed by atoms with Crippen LogP contribution in [0.15, 0.2) is 0 Å². The fraction of sp³-hybridized carbons (Fsp3) is 0.875. The number of hydrogen-bond donors (Lipinski definition) is 0. The topological polar surface area (TPSA) is 29.5 Å². The Morgan fingerprint density at radius 2 is 1.92 bits per heavy atom. The molecule has 0 amide bonds. The molecule has 0 aliphatic carbocycles. The van der Waals surface area contributed by atoms with Crippen LogP contribution in [0.3, 0.4) is 0 Å². The summed E-state index contributed by atoms with van der Waals surface area (Å²) in [6.07, 6.45) is 0. The van der Waals surface area contributed by atoms with E-state index in [4.69, 9.17) is 4.74 Å². The van der Waals surface area contributed by atoms with Crippen molar-refractivity contribution >= 4 is 18.4 Å². The van der Waals surface area contributed by atoms with E-state index in [1.165, 1.54) is 0 Å². The summed E-state index contributed by atoms with van der Waals surface area (Å²) in [4.78, 5) is 12.9. The van der Waals surface area contributed by atoms with Crippen LogP contribution >= 0.6 is 12.4 Å². The monoisotopic (exact) mass is 195 g/mol. The molecule has 0 bridgehead atoms. The minimum absolute atomic E-state index is 0. The zero-order valence-corrected chi connectivity index (χ0v) is 8.98. The number of hydrogen-bond acceptors (Lipinski definition) is 3. The second kappa shape index (κ2) is 7.37. The van der Waals surface area contributed by atoms with Gasteiger partial charge in [-0.15, -0.1) is 12.4 Å². The normalized spacial score (nSPS) is 9.83. The molecule has 0 aromatic rings. The molecular weight excluding hydrogens is 178 g/mol. The van der Waals surface area contributed by atoms with Gasteiger partial charge < -0.3 is 9.64 Å². The Hall–Kier alpha value is -0.280. The van der Waals surface area contributed by atoms with Crippen LogP contribution < -0.4 is 0 Å². The summed E-state index contributed by atoms with van der Waals surface area (Å²) in [6.45, 7) is 4.94. The highest BCUT2D eigenvalue weighted by Crippen LogP contribution is 1.94. The molecule has 0 aliphatic heterocycles. The summed E-state index contributed by atoms with van der Waals surface area (Å²) in [5.41, 5.74) is 0. The number of nitrogens with zero attached hydrogens (tertiary/aromatic N) is 1. The molecule has 0 radical (unpaired) electrons. The largest absolute Gasteiger partial charge is 0.464 e. The molecule has 12 heavy (non-hydrogen) atoms. The minimum atomic E-state index is -0.119. The number of carbonyl (C=O) groups excluding carboxylic acids is 1. The van der Waals surface area contributed by atoms with E-state index in [0.29, 0.717) is 6.61 Å². The molecule has 0 aromatic carbocycles. The summed E-state index contributed by atoms with van der Waals surface area (Å²) >= 11 is 0. The van der Waals surface area contributed by atoms with Crippen molar-refractivity contribution in [3.05, 3.63) is 0 Å². The zero-order chi connectivity index (χ0) is 8.85. The molecule has 0 spiro atoms. The Kier molecular flexibility index (Phi) is 8.76.